The molecule has 7 heteroatoms. The predicted molar refractivity (Wildman–Crippen MR) is 57.2 cm³/mol. The number of pyridine rings is 1. The fourth-order valence-corrected chi connectivity index (χ4v) is 1.81. The first-order chi connectivity index (χ1) is 8.18. The highest BCUT2D eigenvalue weighted by molar-refractivity contribution is 5.83. The summed E-state index contributed by atoms with van der Waals surface area (Å²) in [5.74, 6) is 0. The van der Waals surface area contributed by atoms with Crippen molar-refractivity contribution in [2.45, 2.75) is 12.6 Å². The van der Waals surface area contributed by atoms with E-state index in [1.54, 1.807) is 12.1 Å². The highest BCUT2D eigenvalue weighted by Crippen LogP contribution is 2.15. The molecule has 7 nitrogen and oxygen atoms in total. The molecule has 0 spiro atoms. The first-order valence-corrected chi connectivity index (χ1v) is 5.09. The largest absolute Gasteiger partial charge is 0.464 e. The van der Waals surface area contributed by atoms with Crippen LogP contribution in [0.3, 0.4) is 0 Å². The molecule has 0 aromatic carbocycles. The summed E-state index contributed by atoms with van der Waals surface area (Å²) in [6.07, 6.45) is 0.212. The highest BCUT2D eigenvalue weighted by Gasteiger charge is 2.27. The number of carboxylic acid groups (broad SMARTS) is 1. The quantitative estimate of drug-likeness (QED) is 0.747. The van der Waals surface area contributed by atoms with Gasteiger partial charge in [-0.3, -0.25) is 4.57 Å². The van der Waals surface area contributed by atoms with Gasteiger partial charge in [0.05, 0.1) is 19.3 Å². The Morgan fingerprint density at radius 2 is 2.41 bits per heavy atom. The second kappa shape index (κ2) is 3.42. The summed E-state index contributed by atoms with van der Waals surface area (Å²) in [5, 5.41) is 9.02. The third-order valence-electron chi connectivity index (χ3n) is 2.66. The third kappa shape index (κ3) is 1.51. The van der Waals surface area contributed by atoms with Gasteiger partial charge in [-0.2, -0.15) is 4.57 Å². The second-order valence-electron chi connectivity index (χ2n) is 3.81. The second-order valence-corrected chi connectivity index (χ2v) is 3.81. The molecule has 2 aromatic heterocycles. The molecule has 1 unspecified atom stereocenters. The number of hydrogen-bond donors (Lipinski definition) is 1. The maximum absolute atomic E-state index is 11.9. The van der Waals surface area contributed by atoms with Crippen molar-refractivity contribution in [2.75, 3.05) is 6.61 Å². The van der Waals surface area contributed by atoms with Crippen LogP contribution in [0, 0.1) is 0 Å². The van der Waals surface area contributed by atoms with Crippen molar-refractivity contribution in [2.24, 2.45) is 0 Å². The number of aromatic nitrogens is 3. The summed E-state index contributed by atoms with van der Waals surface area (Å²) in [7, 11) is 0. The molecule has 0 bridgehead atoms. The summed E-state index contributed by atoms with van der Waals surface area (Å²) in [5.41, 5.74) is 0.0720. The number of carbonyl (C=O) groups is 1. The van der Waals surface area contributed by atoms with Crippen LogP contribution in [-0.2, 0) is 11.3 Å². The summed E-state index contributed by atoms with van der Waals surface area (Å²) in [6, 6.07) is 3.15. The maximum Gasteiger partial charge on any atom is 0.420 e. The van der Waals surface area contributed by atoms with E-state index in [2.05, 4.69) is 4.98 Å². The van der Waals surface area contributed by atoms with Crippen LogP contribution in [0.15, 0.2) is 23.1 Å². The van der Waals surface area contributed by atoms with E-state index in [0.29, 0.717) is 28.9 Å². The van der Waals surface area contributed by atoms with E-state index in [4.69, 9.17) is 9.84 Å². The van der Waals surface area contributed by atoms with Crippen LogP contribution in [0.1, 0.15) is 0 Å². The maximum atomic E-state index is 11.9. The van der Waals surface area contributed by atoms with Crippen LogP contribution in [0.2, 0.25) is 0 Å². The number of nitrogens with zero attached hydrogens (tertiary/aromatic N) is 3. The molecule has 1 aliphatic rings. The summed E-state index contributed by atoms with van der Waals surface area (Å²) in [6.45, 7) is 0.936. The fourth-order valence-electron chi connectivity index (χ4n) is 1.81. The first kappa shape index (κ1) is 10.0. The van der Waals surface area contributed by atoms with Crippen LogP contribution < -0.4 is 5.69 Å². The highest BCUT2D eigenvalue weighted by atomic mass is 16.6. The standard InChI is InChI=1S/C10H9N3O4/c14-9-12(4-6-5-17-6)8-7(2-1-3-11-8)13(9)10(15)16/h1-3,6H,4-5H2,(H,15,16). The topological polar surface area (TPSA) is 89.6 Å². The lowest BCUT2D eigenvalue weighted by Gasteiger charge is -1.97. The Labute approximate surface area is 94.9 Å². The molecule has 1 aliphatic heterocycles. The van der Waals surface area contributed by atoms with Gasteiger partial charge >= 0.3 is 11.8 Å². The zero-order valence-electron chi connectivity index (χ0n) is 8.74. The zero-order chi connectivity index (χ0) is 12.0. The van der Waals surface area contributed by atoms with Crippen molar-refractivity contribution in [3.63, 3.8) is 0 Å². The number of ether oxygens (including phenoxy) is 1. The van der Waals surface area contributed by atoms with E-state index in [9.17, 15) is 9.59 Å². The number of epoxide rings is 1. The molecule has 3 heterocycles. The minimum absolute atomic E-state index is 0.0115. The monoisotopic (exact) mass is 235 g/mol. The number of hydrogen-bond acceptors (Lipinski definition) is 4. The van der Waals surface area contributed by atoms with Crippen LogP contribution in [0.25, 0.3) is 11.2 Å². The van der Waals surface area contributed by atoms with E-state index in [1.165, 1.54) is 10.8 Å². The molecule has 17 heavy (non-hydrogen) atoms. The van der Waals surface area contributed by atoms with Gasteiger partial charge in [0.25, 0.3) is 0 Å². The van der Waals surface area contributed by atoms with Crippen LogP contribution >= 0.6 is 0 Å². The lowest BCUT2D eigenvalue weighted by molar-refractivity contribution is 0.196. The van der Waals surface area contributed by atoms with E-state index in [1.807, 2.05) is 0 Å². The van der Waals surface area contributed by atoms with Gasteiger partial charge in [0.15, 0.2) is 5.65 Å². The molecule has 1 N–H and O–H groups in total. The third-order valence-corrected chi connectivity index (χ3v) is 2.66. The molecule has 3 rings (SSSR count). The molecular formula is C10H9N3O4. The molecule has 88 valence electrons. The normalized spacial score (nSPS) is 18.5. The van der Waals surface area contributed by atoms with E-state index in [0.717, 1.165) is 0 Å². The molecule has 2 aromatic rings. The number of imidazole rings is 1. The van der Waals surface area contributed by atoms with E-state index in [-0.39, 0.29) is 6.10 Å². The Hall–Kier alpha value is -2.15. The van der Waals surface area contributed by atoms with Crippen molar-refractivity contribution in [3.8, 4) is 0 Å². The number of rotatable bonds is 2. The van der Waals surface area contributed by atoms with Gasteiger partial charge in [-0.15, -0.1) is 0 Å². The molecule has 0 amide bonds. The Morgan fingerprint density at radius 3 is 3.06 bits per heavy atom. The van der Waals surface area contributed by atoms with Crippen LogP contribution in [0.4, 0.5) is 4.79 Å². The molecule has 0 aliphatic carbocycles. The zero-order valence-corrected chi connectivity index (χ0v) is 8.74. The summed E-state index contributed by atoms with van der Waals surface area (Å²) in [4.78, 5) is 27.0. The average molecular weight is 235 g/mol. The molecule has 1 saturated heterocycles. The fraction of sp³-hybridized carbons (Fsp3) is 0.300. The number of fused-ring (bicyclic) bond motifs is 1. The minimum atomic E-state index is -1.30. The molecule has 0 radical (unpaired) electrons. The van der Waals surface area contributed by atoms with Gasteiger partial charge in [0.2, 0.25) is 0 Å². The first-order valence-electron chi connectivity index (χ1n) is 5.09. The molecule has 0 saturated carbocycles. The van der Waals surface area contributed by atoms with Gasteiger partial charge in [-0.25, -0.2) is 14.6 Å². The Kier molecular flexibility index (Phi) is 2.02. The Bertz CT molecular complexity index is 653. The molecule has 1 fully saturated rings. The summed E-state index contributed by atoms with van der Waals surface area (Å²) < 4.78 is 7.08. The van der Waals surface area contributed by atoms with Crippen molar-refractivity contribution in [3.05, 3.63) is 28.8 Å². The van der Waals surface area contributed by atoms with Crippen molar-refractivity contribution in [1.82, 2.24) is 14.1 Å². The average Bonchev–Trinajstić information content (AvgIpc) is 3.05. The van der Waals surface area contributed by atoms with E-state index < -0.39 is 11.8 Å². The van der Waals surface area contributed by atoms with Gasteiger partial charge in [-0.1, -0.05) is 0 Å². The van der Waals surface area contributed by atoms with Crippen molar-refractivity contribution < 1.29 is 14.6 Å². The van der Waals surface area contributed by atoms with E-state index >= 15 is 0 Å². The SMILES string of the molecule is O=C(O)n1c(=O)n(CC2CO2)c2ncccc21. The van der Waals surface area contributed by atoms with Gasteiger partial charge in [-0.05, 0) is 12.1 Å². The van der Waals surface area contributed by atoms with Gasteiger partial charge in [0.1, 0.15) is 5.52 Å². The molecule has 1 atom stereocenters. The predicted octanol–water partition coefficient (Wildman–Crippen LogP) is 0.123. The minimum Gasteiger partial charge on any atom is -0.464 e. The van der Waals surface area contributed by atoms with Crippen molar-refractivity contribution in [1.29, 1.82) is 0 Å². The Morgan fingerprint density at radius 1 is 1.65 bits per heavy atom. The summed E-state index contributed by atoms with van der Waals surface area (Å²) >= 11 is 0. The van der Waals surface area contributed by atoms with Gasteiger partial charge < -0.3 is 9.84 Å². The lowest BCUT2D eigenvalue weighted by Crippen LogP contribution is -2.29. The van der Waals surface area contributed by atoms with Crippen LogP contribution in [0.5, 0.6) is 0 Å². The smallest absolute Gasteiger partial charge is 0.420 e. The lowest BCUT2D eigenvalue weighted by atomic mass is 10.4. The van der Waals surface area contributed by atoms with Gasteiger partial charge in [0, 0.05) is 6.20 Å². The molecular weight excluding hydrogens is 226 g/mol. The Balaban J connectivity index is 2.29. The van der Waals surface area contributed by atoms with Crippen molar-refractivity contribution >= 4 is 17.3 Å². The van der Waals surface area contributed by atoms with Crippen LogP contribution in [-0.4, -0.2) is 38.0 Å².